The number of carboxylic acids is 1. The lowest BCUT2D eigenvalue weighted by atomic mass is 10.2. The van der Waals surface area contributed by atoms with E-state index in [1.54, 1.807) is 10.9 Å². The van der Waals surface area contributed by atoms with Gasteiger partial charge in [0.25, 0.3) is 5.91 Å². The minimum Gasteiger partial charge on any atom is -0.475 e. The molecule has 1 aromatic carbocycles. The van der Waals surface area contributed by atoms with E-state index in [9.17, 15) is 18.0 Å². The van der Waals surface area contributed by atoms with E-state index in [-0.39, 0.29) is 5.91 Å². The molecule has 1 aliphatic heterocycles. The van der Waals surface area contributed by atoms with Crippen LogP contribution in [0.3, 0.4) is 0 Å². The number of thiazole rings is 1. The maximum atomic E-state index is 12.1. The number of carbonyl (C=O) groups is 2. The first kappa shape index (κ1) is 20.6. The third-order valence-electron chi connectivity index (χ3n) is 3.52. The summed E-state index contributed by atoms with van der Waals surface area (Å²) in [6.07, 6.45) is -5.08. The van der Waals surface area contributed by atoms with Crippen LogP contribution in [0.1, 0.15) is 10.5 Å². The highest BCUT2D eigenvalue weighted by Gasteiger charge is 2.38. The lowest BCUT2D eigenvalue weighted by molar-refractivity contribution is -0.192. The second-order valence-corrected chi connectivity index (χ2v) is 6.10. The van der Waals surface area contributed by atoms with Gasteiger partial charge in [0.2, 0.25) is 0 Å². The molecule has 1 amide bonds. The van der Waals surface area contributed by atoms with Crippen molar-refractivity contribution >= 4 is 34.6 Å². The molecule has 0 bridgehead atoms. The van der Waals surface area contributed by atoms with Gasteiger partial charge in [-0.25, -0.2) is 9.78 Å². The summed E-state index contributed by atoms with van der Waals surface area (Å²) >= 11 is 1.42. The van der Waals surface area contributed by atoms with E-state index in [0.29, 0.717) is 5.69 Å². The predicted molar refractivity (Wildman–Crippen MR) is 95.3 cm³/mol. The first-order chi connectivity index (χ1) is 12.8. The highest BCUT2D eigenvalue weighted by atomic mass is 32.1. The number of nitrogens with one attached hydrogen (secondary N) is 2. The number of piperazine rings is 1. The van der Waals surface area contributed by atoms with Gasteiger partial charge in [0.15, 0.2) is 0 Å². The first-order valence-corrected chi connectivity index (χ1v) is 8.77. The highest BCUT2D eigenvalue weighted by Crippen LogP contribution is 2.26. The fraction of sp³-hybridized carbons (Fsp3) is 0.312. The molecule has 3 N–H and O–H groups in total. The molecule has 1 aromatic heterocycles. The number of anilines is 2. The quantitative estimate of drug-likeness (QED) is 0.730. The van der Waals surface area contributed by atoms with Crippen molar-refractivity contribution in [1.82, 2.24) is 10.3 Å². The number of aromatic nitrogens is 1. The molecule has 0 unspecified atom stereocenters. The largest absolute Gasteiger partial charge is 0.490 e. The normalized spacial score (nSPS) is 14.1. The zero-order valence-corrected chi connectivity index (χ0v) is 14.8. The number of para-hydroxylation sites is 2. The molecule has 27 heavy (non-hydrogen) atoms. The van der Waals surface area contributed by atoms with Gasteiger partial charge < -0.3 is 20.6 Å². The minimum atomic E-state index is -5.08. The Morgan fingerprint density at radius 2 is 1.85 bits per heavy atom. The Balaban J connectivity index is 0.000000321. The summed E-state index contributed by atoms with van der Waals surface area (Å²) < 4.78 is 31.7. The van der Waals surface area contributed by atoms with Gasteiger partial charge >= 0.3 is 12.1 Å². The molecular weight excluding hydrogens is 385 g/mol. The molecule has 146 valence electrons. The van der Waals surface area contributed by atoms with E-state index < -0.39 is 12.1 Å². The van der Waals surface area contributed by atoms with Gasteiger partial charge in [-0.2, -0.15) is 13.2 Å². The standard InChI is InChI=1S/C14H16N4OS.C2HF3O2/c19-14(12-9-20-10-16-12)17-11-3-1-2-4-13(11)18-7-5-15-6-8-18;3-2(4,5)1(6)7/h1-4,9-10,15H,5-8H2,(H,17,19);(H,6,7). The number of rotatable bonds is 3. The summed E-state index contributed by atoms with van der Waals surface area (Å²) in [7, 11) is 0. The minimum absolute atomic E-state index is 0.158. The first-order valence-electron chi connectivity index (χ1n) is 7.83. The number of hydrogen-bond acceptors (Lipinski definition) is 6. The average molecular weight is 402 g/mol. The molecule has 2 aromatic rings. The van der Waals surface area contributed by atoms with E-state index >= 15 is 0 Å². The summed E-state index contributed by atoms with van der Waals surface area (Å²) in [5.41, 5.74) is 4.03. The van der Waals surface area contributed by atoms with Crippen molar-refractivity contribution in [2.75, 3.05) is 36.4 Å². The number of alkyl halides is 3. The highest BCUT2D eigenvalue weighted by molar-refractivity contribution is 7.07. The molecule has 0 spiro atoms. The van der Waals surface area contributed by atoms with Gasteiger partial charge in [0.1, 0.15) is 5.69 Å². The van der Waals surface area contributed by atoms with Crippen LogP contribution in [0.5, 0.6) is 0 Å². The molecule has 2 heterocycles. The number of carbonyl (C=O) groups excluding carboxylic acids is 1. The summed E-state index contributed by atoms with van der Waals surface area (Å²) in [4.78, 5) is 27.3. The molecule has 3 rings (SSSR count). The maximum Gasteiger partial charge on any atom is 0.490 e. The maximum absolute atomic E-state index is 12.1. The van der Waals surface area contributed by atoms with Crippen LogP contribution in [-0.4, -0.2) is 54.3 Å². The number of benzene rings is 1. The van der Waals surface area contributed by atoms with Crippen molar-refractivity contribution in [2.24, 2.45) is 0 Å². The van der Waals surface area contributed by atoms with Crippen molar-refractivity contribution in [3.05, 3.63) is 40.8 Å². The molecule has 11 heteroatoms. The number of aliphatic carboxylic acids is 1. The van der Waals surface area contributed by atoms with Crippen LogP contribution in [0.4, 0.5) is 24.5 Å². The van der Waals surface area contributed by atoms with Gasteiger partial charge in [-0.05, 0) is 12.1 Å². The van der Waals surface area contributed by atoms with Crippen molar-refractivity contribution in [2.45, 2.75) is 6.18 Å². The van der Waals surface area contributed by atoms with Crippen molar-refractivity contribution in [1.29, 1.82) is 0 Å². The summed E-state index contributed by atoms with van der Waals surface area (Å²) in [6.45, 7) is 3.83. The van der Waals surface area contributed by atoms with Crippen LogP contribution in [0.15, 0.2) is 35.2 Å². The van der Waals surface area contributed by atoms with E-state index in [1.807, 2.05) is 24.3 Å². The molecule has 0 atom stereocenters. The lowest BCUT2D eigenvalue weighted by Crippen LogP contribution is -2.43. The molecule has 0 saturated carbocycles. The van der Waals surface area contributed by atoms with Gasteiger partial charge in [0, 0.05) is 31.6 Å². The summed E-state index contributed by atoms with van der Waals surface area (Å²) in [5.74, 6) is -2.92. The smallest absolute Gasteiger partial charge is 0.475 e. The second kappa shape index (κ2) is 9.33. The molecule has 1 aliphatic rings. The van der Waals surface area contributed by atoms with Crippen LogP contribution >= 0.6 is 11.3 Å². The van der Waals surface area contributed by atoms with Crippen LogP contribution in [0.2, 0.25) is 0 Å². The molecular formula is C16H17F3N4O3S. The number of carboxylic acid groups (broad SMARTS) is 1. The third kappa shape index (κ3) is 6.22. The fourth-order valence-corrected chi connectivity index (χ4v) is 2.80. The van der Waals surface area contributed by atoms with Gasteiger partial charge in [0.05, 0.1) is 16.9 Å². The van der Waals surface area contributed by atoms with Crippen LogP contribution < -0.4 is 15.5 Å². The lowest BCUT2D eigenvalue weighted by Gasteiger charge is -2.31. The summed E-state index contributed by atoms with van der Waals surface area (Å²) in [6, 6.07) is 7.90. The zero-order valence-electron chi connectivity index (χ0n) is 14.0. The Hall–Kier alpha value is -2.66. The molecule has 7 nitrogen and oxygen atoms in total. The third-order valence-corrected chi connectivity index (χ3v) is 4.10. The number of hydrogen-bond donors (Lipinski definition) is 3. The Kier molecular flexibility index (Phi) is 7.13. The molecule has 1 fully saturated rings. The zero-order chi connectivity index (χ0) is 19.9. The van der Waals surface area contributed by atoms with Gasteiger partial charge in [-0.3, -0.25) is 4.79 Å². The molecule has 0 radical (unpaired) electrons. The Labute approximate surface area is 156 Å². The predicted octanol–water partition coefficient (Wildman–Crippen LogP) is 2.44. The Bertz CT molecular complexity index is 763. The number of amides is 1. The number of nitrogens with zero attached hydrogens (tertiary/aromatic N) is 2. The monoisotopic (exact) mass is 402 g/mol. The van der Waals surface area contributed by atoms with E-state index in [4.69, 9.17) is 9.90 Å². The van der Waals surface area contributed by atoms with Crippen LogP contribution in [-0.2, 0) is 4.79 Å². The summed E-state index contributed by atoms with van der Waals surface area (Å²) in [5, 5.41) is 15.2. The van der Waals surface area contributed by atoms with Crippen LogP contribution in [0.25, 0.3) is 0 Å². The number of halogens is 3. The molecule has 1 saturated heterocycles. The van der Waals surface area contributed by atoms with E-state index in [1.165, 1.54) is 11.3 Å². The SMILES string of the molecule is O=C(Nc1ccccc1N1CCNCC1)c1cscn1.O=C(O)C(F)(F)F. The Morgan fingerprint density at radius 3 is 2.41 bits per heavy atom. The van der Waals surface area contributed by atoms with E-state index in [2.05, 4.69) is 20.5 Å². The van der Waals surface area contributed by atoms with Crippen molar-refractivity contribution in [3.8, 4) is 0 Å². The van der Waals surface area contributed by atoms with Crippen molar-refractivity contribution in [3.63, 3.8) is 0 Å². The van der Waals surface area contributed by atoms with E-state index in [0.717, 1.165) is 37.6 Å². The Morgan fingerprint density at radius 1 is 1.22 bits per heavy atom. The van der Waals surface area contributed by atoms with Crippen molar-refractivity contribution < 1.29 is 27.9 Å². The van der Waals surface area contributed by atoms with Crippen LogP contribution in [0, 0.1) is 0 Å². The fourth-order valence-electron chi connectivity index (χ4n) is 2.27. The molecule has 0 aliphatic carbocycles. The average Bonchev–Trinajstić information content (AvgIpc) is 3.17. The van der Waals surface area contributed by atoms with Gasteiger partial charge in [-0.15, -0.1) is 11.3 Å². The van der Waals surface area contributed by atoms with Gasteiger partial charge in [-0.1, -0.05) is 12.1 Å². The topological polar surface area (TPSA) is 94.6 Å². The second-order valence-electron chi connectivity index (χ2n) is 5.38.